The van der Waals surface area contributed by atoms with E-state index in [2.05, 4.69) is 0 Å². The highest BCUT2D eigenvalue weighted by Crippen LogP contribution is 2.42. The van der Waals surface area contributed by atoms with Gasteiger partial charge in [0.05, 0.1) is 0 Å². The van der Waals surface area contributed by atoms with E-state index in [1.54, 1.807) is 18.2 Å². The minimum absolute atomic E-state index is 0.165. The molecule has 0 N–H and O–H groups in total. The van der Waals surface area contributed by atoms with Crippen molar-refractivity contribution in [2.45, 2.75) is 38.5 Å². The normalized spacial score (nSPS) is 15.8. The number of hydrogen-bond acceptors (Lipinski definition) is 4. The van der Waals surface area contributed by atoms with E-state index in [1.165, 1.54) is 0 Å². The molecule has 0 unspecified atom stereocenters. The Kier molecular flexibility index (Phi) is 3.84. The first-order valence-electron chi connectivity index (χ1n) is 7.53. The second-order valence-electron chi connectivity index (χ2n) is 6.56. The number of aryl methyl sites for hydroxylation is 1. The molecule has 0 saturated heterocycles. The van der Waals surface area contributed by atoms with Crippen LogP contribution in [0.2, 0.25) is 0 Å². The van der Waals surface area contributed by atoms with E-state index in [9.17, 15) is 8.42 Å². The fourth-order valence-electron chi connectivity index (χ4n) is 2.83. The van der Waals surface area contributed by atoms with Crippen LogP contribution in [0.3, 0.4) is 0 Å². The highest BCUT2D eigenvalue weighted by atomic mass is 32.2. The molecule has 1 aliphatic heterocycles. The zero-order valence-electron chi connectivity index (χ0n) is 13.5. The molecule has 0 aromatic heterocycles. The number of fused-ring (bicyclic) bond motifs is 1. The number of para-hydroxylation sites is 1. The lowest BCUT2D eigenvalue weighted by Gasteiger charge is -2.18. The van der Waals surface area contributed by atoms with Gasteiger partial charge in [0.15, 0.2) is 11.5 Å². The maximum absolute atomic E-state index is 12.4. The van der Waals surface area contributed by atoms with Crippen molar-refractivity contribution in [3.63, 3.8) is 0 Å². The molecule has 0 saturated carbocycles. The topological polar surface area (TPSA) is 52.6 Å². The van der Waals surface area contributed by atoms with Gasteiger partial charge in [0.25, 0.3) is 0 Å². The van der Waals surface area contributed by atoms with Gasteiger partial charge in [-0.3, -0.25) is 0 Å². The van der Waals surface area contributed by atoms with Gasteiger partial charge >= 0.3 is 10.1 Å². The molecule has 1 heterocycles. The van der Waals surface area contributed by atoms with Crippen LogP contribution in [0.4, 0.5) is 0 Å². The molecule has 0 atom stereocenters. The van der Waals surface area contributed by atoms with Crippen molar-refractivity contribution in [1.29, 1.82) is 0 Å². The standard InChI is InChI=1S/C18H20O4S/c1-13-6-4-7-14(10-13)12-23(19,20)22-16-9-5-8-15-11-18(2,3)21-17(15)16/h4-10H,11-12H2,1-3H3. The first-order chi connectivity index (χ1) is 10.7. The minimum atomic E-state index is -3.74. The summed E-state index contributed by atoms with van der Waals surface area (Å²) < 4.78 is 35.9. The van der Waals surface area contributed by atoms with Crippen molar-refractivity contribution < 1.29 is 17.3 Å². The zero-order chi connectivity index (χ0) is 16.7. The van der Waals surface area contributed by atoms with Crippen LogP contribution in [0.1, 0.15) is 30.5 Å². The summed E-state index contributed by atoms with van der Waals surface area (Å²) in [5.74, 6) is 0.632. The average molecular weight is 332 g/mol. The zero-order valence-corrected chi connectivity index (χ0v) is 14.3. The third-order valence-electron chi connectivity index (χ3n) is 3.70. The minimum Gasteiger partial charge on any atom is -0.483 e. The van der Waals surface area contributed by atoms with Gasteiger partial charge < -0.3 is 8.92 Å². The van der Waals surface area contributed by atoms with Crippen molar-refractivity contribution in [1.82, 2.24) is 0 Å². The van der Waals surface area contributed by atoms with Crippen LogP contribution < -0.4 is 8.92 Å². The summed E-state index contributed by atoms with van der Waals surface area (Å²) in [7, 11) is -3.74. The fourth-order valence-corrected chi connectivity index (χ4v) is 3.88. The van der Waals surface area contributed by atoms with Crippen LogP contribution in [0.5, 0.6) is 11.5 Å². The van der Waals surface area contributed by atoms with Crippen LogP contribution in [0, 0.1) is 6.92 Å². The van der Waals surface area contributed by atoms with Gasteiger partial charge in [0.2, 0.25) is 0 Å². The lowest BCUT2D eigenvalue weighted by Crippen LogP contribution is -2.25. The molecule has 0 amide bonds. The van der Waals surface area contributed by atoms with E-state index in [1.807, 2.05) is 45.0 Å². The molecule has 0 fully saturated rings. The van der Waals surface area contributed by atoms with Gasteiger partial charge in [-0.1, -0.05) is 42.0 Å². The molecule has 4 nitrogen and oxygen atoms in total. The van der Waals surface area contributed by atoms with Gasteiger partial charge in [-0.05, 0) is 32.4 Å². The molecule has 2 aromatic rings. The van der Waals surface area contributed by atoms with Crippen molar-refractivity contribution in [2.75, 3.05) is 0 Å². The molecule has 0 bridgehead atoms. The first kappa shape index (κ1) is 15.9. The lowest BCUT2D eigenvalue weighted by atomic mass is 10.0. The van der Waals surface area contributed by atoms with Crippen LogP contribution in [0.15, 0.2) is 42.5 Å². The predicted octanol–water partition coefficient (Wildman–Crippen LogP) is 3.62. The average Bonchev–Trinajstić information content (AvgIpc) is 2.73. The predicted molar refractivity (Wildman–Crippen MR) is 89.3 cm³/mol. The Bertz CT molecular complexity index is 838. The summed E-state index contributed by atoms with van der Waals surface area (Å²) >= 11 is 0. The van der Waals surface area contributed by atoms with Crippen molar-refractivity contribution >= 4 is 10.1 Å². The van der Waals surface area contributed by atoms with E-state index >= 15 is 0 Å². The van der Waals surface area contributed by atoms with Gasteiger partial charge in [0.1, 0.15) is 11.4 Å². The molecular weight excluding hydrogens is 312 g/mol. The SMILES string of the molecule is Cc1cccc(CS(=O)(=O)Oc2cccc3c2OC(C)(C)C3)c1. The quantitative estimate of drug-likeness (QED) is 0.803. The molecule has 0 aliphatic carbocycles. The molecule has 0 radical (unpaired) electrons. The largest absolute Gasteiger partial charge is 0.483 e. The first-order valence-corrected chi connectivity index (χ1v) is 9.10. The Morgan fingerprint density at radius 3 is 2.65 bits per heavy atom. The summed E-state index contributed by atoms with van der Waals surface area (Å²) in [4.78, 5) is 0. The molecule has 2 aromatic carbocycles. The Morgan fingerprint density at radius 1 is 1.17 bits per heavy atom. The van der Waals surface area contributed by atoms with Gasteiger partial charge in [-0.25, -0.2) is 0 Å². The van der Waals surface area contributed by atoms with Crippen molar-refractivity contribution in [3.05, 3.63) is 59.2 Å². The number of ether oxygens (including phenoxy) is 1. The van der Waals surface area contributed by atoms with Gasteiger partial charge in [0, 0.05) is 12.0 Å². The highest BCUT2D eigenvalue weighted by molar-refractivity contribution is 7.86. The molecular formula is C18H20O4S. The summed E-state index contributed by atoms with van der Waals surface area (Å²) in [6.45, 7) is 5.87. The smallest absolute Gasteiger partial charge is 0.313 e. The third-order valence-corrected chi connectivity index (χ3v) is 4.82. The molecule has 5 heteroatoms. The fraction of sp³-hybridized carbons (Fsp3) is 0.333. The number of rotatable bonds is 4. The van der Waals surface area contributed by atoms with E-state index in [4.69, 9.17) is 8.92 Å². The van der Waals surface area contributed by atoms with Gasteiger partial charge in [-0.2, -0.15) is 8.42 Å². The Morgan fingerprint density at radius 2 is 1.91 bits per heavy atom. The maximum atomic E-state index is 12.4. The second-order valence-corrected chi connectivity index (χ2v) is 8.13. The highest BCUT2D eigenvalue weighted by Gasteiger charge is 2.33. The van der Waals surface area contributed by atoms with E-state index < -0.39 is 10.1 Å². The lowest BCUT2D eigenvalue weighted by molar-refractivity contribution is 0.136. The van der Waals surface area contributed by atoms with Crippen LogP contribution >= 0.6 is 0 Å². The maximum Gasteiger partial charge on any atom is 0.313 e. The van der Waals surface area contributed by atoms with Crippen LogP contribution in [-0.4, -0.2) is 14.0 Å². The van der Waals surface area contributed by atoms with E-state index in [0.717, 1.165) is 17.5 Å². The number of hydrogen-bond donors (Lipinski definition) is 0. The molecule has 0 spiro atoms. The molecule has 23 heavy (non-hydrogen) atoms. The summed E-state index contributed by atoms with van der Waals surface area (Å²) in [6.07, 6.45) is 0.734. The van der Waals surface area contributed by atoms with Crippen LogP contribution in [0.25, 0.3) is 0 Å². The molecule has 3 rings (SSSR count). The summed E-state index contributed by atoms with van der Waals surface area (Å²) in [5, 5.41) is 0. The number of benzene rings is 2. The van der Waals surface area contributed by atoms with Gasteiger partial charge in [-0.15, -0.1) is 0 Å². The monoisotopic (exact) mass is 332 g/mol. The Balaban J connectivity index is 1.84. The van der Waals surface area contributed by atoms with Crippen LogP contribution in [-0.2, 0) is 22.3 Å². The summed E-state index contributed by atoms with van der Waals surface area (Å²) in [5.41, 5.74) is 2.35. The van der Waals surface area contributed by atoms with E-state index in [0.29, 0.717) is 11.3 Å². The van der Waals surface area contributed by atoms with Crippen molar-refractivity contribution in [2.24, 2.45) is 0 Å². The second kappa shape index (κ2) is 5.57. The summed E-state index contributed by atoms with van der Waals surface area (Å²) in [6, 6.07) is 12.8. The van der Waals surface area contributed by atoms with E-state index in [-0.39, 0.29) is 17.1 Å². The van der Waals surface area contributed by atoms with Crippen molar-refractivity contribution in [3.8, 4) is 11.5 Å². The third kappa shape index (κ3) is 3.67. The molecule has 1 aliphatic rings. The Labute approximate surface area is 137 Å². The molecule has 122 valence electrons. The Hall–Kier alpha value is -2.01.